The Morgan fingerprint density at radius 3 is 2.11 bits per heavy atom. The van der Waals surface area contributed by atoms with Gasteiger partial charge in [0.2, 0.25) is 0 Å². The van der Waals surface area contributed by atoms with Crippen molar-refractivity contribution in [2.75, 3.05) is 5.73 Å². The molecule has 0 atom stereocenters. The molecule has 4 nitrogen and oxygen atoms in total. The summed E-state index contributed by atoms with van der Waals surface area (Å²) in [5.74, 6) is 0.625. The molecule has 0 amide bonds. The molecule has 2 N–H and O–H groups in total. The maximum absolute atomic E-state index is 5.65. The third-order valence-corrected chi connectivity index (χ3v) is 2.80. The van der Waals surface area contributed by atoms with Gasteiger partial charge >= 0.3 is 0 Å². The first kappa shape index (κ1) is 11.3. The Kier molecular flexibility index (Phi) is 2.90. The molecule has 0 spiro atoms. The van der Waals surface area contributed by atoms with Gasteiger partial charge in [0.05, 0.1) is 6.20 Å². The molecule has 0 saturated heterocycles. The van der Waals surface area contributed by atoms with E-state index in [0.29, 0.717) is 5.82 Å². The van der Waals surface area contributed by atoms with E-state index in [1.807, 2.05) is 54.6 Å². The number of nitrogens with two attached hydrogens (primary N) is 1. The lowest BCUT2D eigenvalue weighted by Crippen LogP contribution is -1.94. The number of anilines is 1. The van der Waals surface area contributed by atoms with Crippen LogP contribution in [0.25, 0.3) is 22.6 Å². The Hall–Kier alpha value is -2.75. The standard InChI is InChI=1S/C15H12N4/c16-13-8-6-11(7-9-13)14-10-17-15(19-18-14)12-4-2-1-3-5-12/h1-10H,16H2. The van der Waals surface area contributed by atoms with Crippen molar-refractivity contribution in [3.8, 4) is 22.6 Å². The van der Waals surface area contributed by atoms with E-state index < -0.39 is 0 Å². The topological polar surface area (TPSA) is 64.7 Å². The summed E-state index contributed by atoms with van der Waals surface area (Å²) in [6.07, 6.45) is 1.72. The summed E-state index contributed by atoms with van der Waals surface area (Å²) in [5, 5.41) is 8.36. The molecule has 3 aromatic rings. The lowest BCUT2D eigenvalue weighted by atomic mass is 10.1. The zero-order chi connectivity index (χ0) is 13.1. The Bertz CT molecular complexity index is 661. The monoisotopic (exact) mass is 248 g/mol. The SMILES string of the molecule is Nc1ccc(-c2cnc(-c3ccccc3)nn2)cc1. The second-order valence-corrected chi connectivity index (χ2v) is 4.16. The number of nitrogen functional groups attached to an aromatic ring is 1. The average molecular weight is 248 g/mol. The van der Waals surface area contributed by atoms with Crippen molar-refractivity contribution in [3.05, 3.63) is 60.8 Å². The zero-order valence-electron chi connectivity index (χ0n) is 10.2. The highest BCUT2D eigenvalue weighted by Gasteiger charge is 2.03. The molecule has 0 aliphatic carbocycles. The van der Waals surface area contributed by atoms with Crippen molar-refractivity contribution in [1.29, 1.82) is 0 Å². The first-order chi connectivity index (χ1) is 9.33. The lowest BCUT2D eigenvalue weighted by molar-refractivity contribution is 0.987. The van der Waals surface area contributed by atoms with Gasteiger partial charge in [0.25, 0.3) is 0 Å². The number of benzene rings is 2. The molecule has 3 rings (SSSR count). The predicted molar refractivity (Wildman–Crippen MR) is 75.1 cm³/mol. The Morgan fingerprint density at radius 1 is 0.737 bits per heavy atom. The highest BCUT2D eigenvalue weighted by molar-refractivity contribution is 5.62. The van der Waals surface area contributed by atoms with E-state index in [-0.39, 0.29) is 0 Å². The van der Waals surface area contributed by atoms with Gasteiger partial charge in [-0.05, 0) is 12.1 Å². The van der Waals surface area contributed by atoms with E-state index in [2.05, 4.69) is 15.2 Å². The maximum atomic E-state index is 5.65. The summed E-state index contributed by atoms with van der Waals surface area (Å²) >= 11 is 0. The van der Waals surface area contributed by atoms with Gasteiger partial charge in [-0.3, -0.25) is 0 Å². The van der Waals surface area contributed by atoms with Crippen molar-refractivity contribution in [1.82, 2.24) is 15.2 Å². The summed E-state index contributed by atoms with van der Waals surface area (Å²) in [4.78, 5) is 4.34. The molecule has 0 saturated carbocycles. The molecule has 4 heteroatoms. The first-order valence-electron chi connectivity index (χ1n) is 5.94. The summed E-state index contributed by atoms with van der Waals surface area (Å²) < 4.78 is 0. The smallest absolute Gasteiger partial charge is 0.181 e. The Labute approximate surface area is 111 Å². The fourth-order valence-electron chi connectivity index (χ4n) is 1.78. The van der Waals surface area contributed by atoms with E-state index in [0.717, 1.165) is 22.5 Å². The molecule has 1 heterocycles. The third kappa shape index (κ3) is 2.42. The number of hydrogen-bond donors (Lipinski definition) is 1. The fraction of sp³-hybridized carbons (Fsp3) is 0. The summed E-state index contributed by atoms with van der Waals surface area (Å²) in [6.45, 7) is 0. The normalized spacial score (nSPS) is 10.3. The van der Waals surface area contributed by atoms with E-state index in [1.54, 1.807) is 6.20 Å². The number of hydrogen-bond acceptors (Lipinski definition) is 4. The van der Waals surface area contributed by atoms with Crippen LogP contribution in [0.1, 0.15) is 0 Å². The second kappa shape index (κ2) is 4.86. The van der Waals surface area contributed by atoms with Gasteiger partial charge in [-0.2, -0.15) is 0 Å². The Morgan fingerprint density at radius 2 is 1.47 bits per heavy atom. The van der Waals surface area contributed by atoms with Crippen molar-refractivity contribution < 1.29 is 0 Å². The van der Waals surface area contributed by atoms with Crippen molar-refractivity contribution in [3.63, 3.8) is 0 Å². The molecule has 2 aromatic carbocycles. The largest absolute Gasteiger partial charge is 0.399 e. The van der Waals surface area contributed by atoms with Crippen LogP contribution >= 0.6 is 0 Å². The molecular weight excluding hydrogens is 236 g/mol. The molecule has 1 aromatic heterocycles. The van der Waals surface area contributed by atoms with Crippen LogP contribution in [0.2, 0.25) is 0 Å². The second-order valence-electron chi connectivity index (χ2n) is 4.16. The minimum Gasteiger partial charge on any atom is -0.399 e. The van der Waals surface area contributed by atoms with E-state index in [4.69, 9.17) is 5.73 Å². The molecule has 0 fully saturated rings. The summed E-state index contributed by atoms with van der Waals surface area (Å²) in [6, 6.07) is 17.3. The summed E-state index contributed by atoms with van der Waals surface area (Å²) in [5.41, 5.74) is 9.03. The molecule has 0 bridgehead atoms. The summed E-state index contributed by atoms with van der Waals surface area (Å²) in [7, 11) is 0. The van der Waals surface area contributed by atoms with Crippen LogP contribution in [-0.4, -0.2) is 15.2 Å². The van der Waals surface area contributed by atoms with Gasteiger partial charge in [0.1, 0.15) is 5.69 Å². The van der Waals surface area contributed by atoms with Crippen molar-refractivity contribution in [2.45, 2.75) is 0 Å². The molecule has 0 radical (unpaired) electrons. The van der Waals surface area contributed by atoms with Crippen LogP contribution in [-0.2, 0) is 0 Å². The van der Waals surface area contributed by atoms with Crippen LogP contribution < -0.4 is 5.73 Å². The number of aromatic nitrogens is 3. The first-order valence-corrected chi connectivity index (χ1v) is 5.94. The third-order valence-electron chi connectivity index (χ3n) is 2.80. The molecule has 0 aliphatic rings. The Balaban J connectivity index is 1.93. The molecule has 0 unspecified atom stereocenters. The van der Waals surface area contributed by atoms with Crippen LogP contribution in [0.3, 0.4) is 0 Å². The van der Waals surface area contributed by atoms with Crippen LogP contribution in [0.15, 0.2) is 60.8 Å². The lowest BCUT2D eigenvalue weighted by Gasteiger charge is -2.02. The van der Waals surface area contributed by atoms with Gasteiger partial charge < -0.3 is 5.73 Å². The molecule has 0 aliphatic heterocycles. The van der Waals surface area contributed by atoms with Gasteiger partial charge in [0, 0.05) is 16.8 Å². The highest BCUT2D eigenvalue weighted by atomic mass is 15.2. The van der Waals surface area contributed by atoms with Crippen molar-refractivity contribution in [2.24, 2.45) is 0 Å². The van der Waals surface area contributed by atoms with E-state index in [9.17, 15) is 0 Å². The quantitative estimate of drug-likeness (QED) is 0.708. The minimum atomic E-state index is 0.625. The number of rotatable bonds is 2. The van der Waals surface area contributed by atoms with Crippen LogP contribution in [0.4, 0.5) is 5.69 Å². The maximum Gasteiger partial charge on any atom is 0.181 e. The minimum absolute atomic E-state index is 0.625. The van der Waals surface area contributed by atoms with Gasteiger partial charge in [-0.25, -0.2) is 4.98 Å². The molecule has 19 heavy (non-hydrogen) atoms. The van der Waals surface area contributed by atoms with E-state index in [1.165, 1.54) is 0 Å². The van der Waals surface area contributed by atoms with Gasteiger partial charge in [0.15, 0.2) is 5.82 Å². The highest BCUT2D eigenvalue weighted by Crippen LogP contribution is 2.18. The zero-order valence-corrected chi connectivity index (χ0v) is 10.2. The van der Waals surface area contributed by atoms with Crippen LogP contribution in [0, 0.1) is 0 Å². The van der Waals surface area contributed by atoms with E-state index >= 15 is 0 Å². The van der Waals surface area contributed by atoms with Crippen molar-refractivity contribution >= 4 is 5.69 Å². The molecular formula is C15H12N4. The predicted octanol–water partition coefficient (Wildman–Crippen LogP) is 2.79. The van der Waals surface area contributed by atoms with Crippen LogP contribution in [0.5, 0.6) is 0 Å². The number of nitrogens with zero attached hydrogens (tertiary/aromatic N) is 3. The average Bonchev–Trinajstić information content (AvgIpc) is 2.49. The van der Waals surface area contributed by atoms with Gasteiger partial charge in [-0.15, -0.1) is 10.2 Å². The fourth-order valence-corrected chi connectivity index (χ4v) is 1.78. The van der Waals surface area contributed by atoms with Gasteiger partial charge in [-0.1, -0.05) is 42.5 Å². The molecule has 92 valence electrons.